The maximum absolute atomic E-state index is 2.51. The van der Waals surface area contributed by atoms with E-state index in [0.717, 1.165) is 0 Å². The molecule has 0 heterocycles. The smallest absolute Gasteiger partial charge is 0 e. The van der Waals surface area contributed by atoms with Gasteiger partial charge in [0, 0.05) is 25.8 Å². The predicted molar refractivity (Wildman–Crippen MR) is 134 cm³/mol. The van der Waals surface area contributed by atoms with Gasteiger partial charge in [0.2, 0.25) is 0 Å². The van der Waals surface area contributed by atoms with E-state index in [1.807, 2.05) is 0 Å². The van der Waals surface area contributed by atoms with Crippen LogP contribution in [0, 0.1) is 40.0 Å². The van der Waals surface area contributed by atoms with Crippen LogP contribution >= 0.6 is 0 Å². The average molecular weight is 581 g/mol. The van der Waals surface area contributed by atoms with Gasteiger partial charge in [-0.15, -0.1) is 34.5 Å². The molecule has 1 unspecified atom stereocenters. The number of hydrogen-bond acceptors (Lipinski definition) is 0. The fraction of sp³-hybridized carbons (Fsp3) is 0.533. The fourth-order valence-corrected chi connectivity index (χ4v) is 5.37. The number of benzene rings is 1. The van der Waals surface area contributed by atoms with Crippen molar-refractivity contribution >= 4 is 10.8 Å². The SMILES string of the molecule is CCC(C)[c-]1ccc2cc3c(cc21)CC(CC)(CC)C3.Cc1c(C)c(C)[c-](C)c1C.[Hf]. The third kappa shape index (κ3) is 4.87. The van der Waals surface area contributed by atoms with Crippen molar-refractivity contribution in [3.63, 3.8) is 0 Å². The van der Waals surface area contributed by atoms with Gasteiger partial charge in [-0.2, -0.15) is 33.9 Å². The second kappa shape index (κ2) is 10.3. The van der Waals surface area contributed by atoms with Gasteiger partial charge in [-0.25, -0.2) is 0 Å². The van der Waals surface area contributed by atoms with Crippen molar-refractivity contribution in [2.45, 2.75) is 100 Å². The second-order valence-electron chi connectivity index (χ2n) is 9.99. The van der Waals surface area contributed by atoms with Crippen LogP contribution in [0.15, 0.2) is 24.3 Å². The molecule has 0 radical (unpaired) electrons. The molecular formula is C30H42Hf-2. The number of fused-ring (bicyclic) bond motifs is 2. The molecule has 3 aromatic carbocycles. The predicted octanol–water partition coefficient (Wildman–Crippen LogP) is 8.92. The summed E-state index contributed by atoms with van der Waals surface area (Å²) in [7, 11) is 0. The Morgan fingerprint density at radius 2 is 1.42 bits per heavy atom. The molecule has 168 valence electrons. The minimum absolute atomic E-state index is 0. The first-order valence-corrected chi connectivity index (χ1v) is 12.1. The van der Waals surface area contributed by atoms with Crippen LogP contribution in [0.25, 0.3) is 10.8 Å². The van der Waals surface area contributed by atoms with E-state index in [4.69, 9.17) is 0 Å². The van der Waals surface area contributed by atoms with Crippen LogP contribution in [0.4, 0.5) is 0 Å². The molecule has 0 spiro atoms. The number of hydrogen-bond donors (Lipinski definition) is 0. The van der Waals surface area contributed by atoms with Crippen molar-refractivity contribution in [1.29, 1.82) is 0 Å². The van der Waals surface area contributed by atoms with E-state index in [1.54, 1.807) is 16.7 Å². The summed E-state index contributed by atoms with van der Waals surface area (Å²) in [6.07, 6.45) is 6.41. The van der Waals surface area contributed by atoms with Gasteiger partial charge in [0.05, 0.1) is 0 Å². The van der Waals surface area contributed by atoms with E-state index >= 15 is 0 Å². The zero-order chi connectivity index (χ0) is 22.2. The normalized spacial score (nSPS) is 15.3. The van der Waals surface area contributed by atoms with Crippen molar-refractivity contribution in [2.75, 3.05) is 0 Å². The first-order chi connectivity index (χ1) is 14.2. The molecule has 0 amide bonds. The molecule has 0 saturated carbocycles. The Morgan fingerprint density at radius 1 is 0.903 bits per heavy atom. The molecule has 0 aliphatic heterocycles. The molecule has 1 heteroatoms. The van der Waals surface area contributed by atoms with E-state index in [0.29, 0.717) is 11.3 Å². The van der Waals surface area contributed by atoms with Gasteiger partial charge in [-0.1, -0.05) is 85.8 Å². The molecule has 0 bridgehead atoms. The molecule has 0 fully saturated rings. The third-order valence-corrected chi connectivity index (χ3v) is 8.71. The second-order valence-corrected chi connectivity index (χ2v) is 9.99. The zero-order valence-electron chi connectivity index (χ0n) is 21.4. The molecule has 1 aliphatic rings. The van der Waals surface area contributed by atoms with Crippen LogP contribution in [0.3, 0.4) is 0 Å². The van der Waals surface area contributed by atoms with Crippen molar-refractivity contribution in [2.24, 2.45) is 5.41 Å². The van der Waals surface area contributed by atoms with E-state index < -0.39 is 0 Å². The van der Waals surface area contributed by atoms with Crippen molar-refractivity contribution in [3.05, 3.63) is 68.8 Å². The molecule has 4 rings (SSSR count). The Hall–Kier alpha value is -0.950. The Balaban J connectivity index is 0.000000264. The van der Waals surface area contributed by atoms with Gasteiger partial charge in [-0.3, -0.25) is 0 Å². The molecule has 1 aliphatic carbocycles. The van der Waals surface area contributed by atoms with Crippen LogP contribution in [-0.2, 0) is 38.7 Å². The largest absolute Gasteiger partial charge is 0.196 e. The van der Waals surface area contributed by atoms with Crippen LogP contribution in [-0.4, -0.2) is 0 Å². The molecular weight excluding hydrogens is 539 g/mol. The summed E-state index contributed by atoms with van der Waals surface area (Å²) in [6, 6.07) is 9.67. The van der Waals surface area contributed by atoms with Gasteiger partial charge < -0.3 is 0 Å². The summed E-state index contributed by atoms with van der Waals surface area (Å²) in [6.45, 7) is 20.4. The number of rotatable bonds is 4. The van der Waals surface area contributed by atoms with Crippen molar-refractivity contribution in [3.8, 4) is 0 Å². The summed E-state index contributed by atoms with van der Waals surface area (Å²) >= 11 is 0. The van der Waals surface area contributed by atoms with Gasteiger partial charge in [0.1, 0.15) is 0 Å². The Labute approximate surface area is 210 Å². The molecule has 0 saturated heterocycles. The van der Waals surface area contributed by atoms with E-state index in [1.165, 1.54) is 70.7 Å². The topological polar surface area (TPSA) is 0 Å². The van der Waals surface area contributed by atoms with Crippen molar-refractivity contribution < 1.29 is 25.8 Å². The molecule has 0 nitrogen and oxygen atoms in total. The fourth-order valence-electron chi connectivity index (χ4n) is 5.37. The first kappa shape index (κ1) is 26.3. The Kier molecular flexibility index (Phi) is 8.76. The summed E-state index contributed by atoms with van der Waals surface area (Å²) in [4.78, 5) is 0. The van der Waals surface area contributed by atoms with E-state index in [2.05, 4.69) is 86.6 Å². The van der Waals surface area contributed by atoms with Crippen LogP contribution in [0.2, 0.25) is 0 Å². The maximum Gasteiger partial charge on any atom is 0 e. The average Bonchev–Trinajstić information content (AvgIpc) is 3.39. The summed E-state index contributed by atoms with van der Waals surface area (Å²) in [5.41, 5.74) is 12.7. The summed E-state index contributed by atoms with van der Waals surface area (Å²) in [5, 5.41) is 2.98. The van der Waals surface area contributed by atoms with Gasteiger partial charge in [0.25, 0.3) is 0 Å². The third-order valence-electron chi connectivity index (χ3n) is 8.71. The molecule has 1 atom stereocenters. The van der Waals surface area contributed by atoms with E-state index in [-0.39, 0.29) is 25.8 Å². The zero-order valence-corrected chi connectivity index (χ0v) is 25.0. The molecule has 0 aromatic heterocycles. The van der Waals surface area contributed by atoms with Crippen LogP contribution in [0.1, 0.15) is 97.4 Å². The maximum atomic E-state index is 2.51. The van der Waals surface area contributed by atoms with Gasteiger partial charge in [0.15, 0.2) is 0 Å². The minimum atomic E-state index is 0. The Bertz CT molecular complexity index is 942. The standard InChI is InChI=1S/C20H27.C10H15.Hf/c1-5-14(4)18-9-8-15-10-16-12-20(6-2,7-3)13-17(16)11-19(15)18;1-6-7(2)9(4)10(5)8(6)3;/h8-11,14H,5-7,12-13H2,1-4H3;1-5H3;/q2*-1;. The molecule has 3 aromatic rings. The minimum Gasteiger partial charge on any atom is -0.196 e. The summed E-state index contributed by atoms with van der Waals surface area (Å²) in [5.74, 6) is 0.675. The van der Waals surface area contributed by atoms with Gasteiger partial charge in [-0.05, 0) is 31.1 Å². The van der Waals surface area contributed by atoms with Crippen LogP contribution in [0.5, 0.6) is 0 Å². The first-order valence-electron chi connectivity index (χ1n) is 12.1. The Morgan fingerprint density at radius 3 is 1.84 bits per heavy atom. The summed E-state index contributed by atoms with van der Waals surface area (Å²) < 4.78 is 0. The quantitative estimate of drug-likeness (QED) is 0.213. The monoisotopic (exact) mass is 582 g/mol. The van der Waals surface area contributed by atoms with E-state index in [9.17, 15) is 0 Å². The van der Waals surface area contributed by atoms with Crippen LogP contribution < -0.4 is 0 Å². The molecule has 31 heavy (non-hydrogen) atoms. The molecule has 0 N–H and O–H groups in total. The van der Waals surface area contributed by atoms with Crippen molar-refractivity contribution in [1.82, 2.24) is 0 Å². The van der Waals surface area contributed by atoms with Gasteiger partial charge >= 0.3 is 0 Å².